The molecular formula is C25H29N7O. The lowest BCUT2D eigenvalue weighted by atomic mass is 9.93. The Morgan fingerprint density at radius 1 is 1.09 bits per heavy atom. The molecule has 6 rings (SSSR count). The average Bonchev–Trinajstić information content (AvgIpc) is 3.23. The van der Waals surface area contributed by atoms with Crippen LogP contribution in [0.1, 0.15) is 61.0 Å². The molecule has 0 aromatic carbocycles. The van der Waals surface area contributed by atoms with E-state index < -0.39 is 0 Å². The van der Waals surface area contributed by atoms with Crippen LogP contribution in [0.2, 0.25) is 0 Å². The molecule has 33 heavy (non-hydrogen) atoms. The van der Waals surface area contributed by atoms with E-state index in [1.807, 2.05) is 22.8 Å². The van der Waals surface area contributed by atoms with Crippen LogP contribution in [0, 0.1) is 5.41 Å². The maximum Gasteiger partial charge on any atom is 0.253 e. The number of piperidine rings is 1. The molecule has 170 valence electrons. The van der Waals surface area contributed by atoms with E-state index >= 15 is 0 Å². The number of nitrogens with zero attached hydrogens (tertiary/aromatic N) is 5. The summed E-state index contributed by atoms with van der Waals surface area (Å²) in [6, 6.07) is 5.96. The molecule has 8 nitrogen and oxygen atoms in total. The van der Waals surface area contributed by atoms with Crippen molar-refractivity contribution in [1.29, 1.82) is 0 Å². The number of rotatable bonds is 5. The Balaban J connectivity index is 1.24. The summed E-state index contributed by atoms with van der Waals surface area (Å²) in [6.45, 7) is 2.24. The van der Waals surface area contributed by atoms with Gasteiger partial charge in [-0.1, -0.05) is 6.08 Å². The minimum Gasteiger partial charge on any atom is -0.370 e. The molecule has 1 amide bonds. The summed E-state index contributed by atoms with van der Waals surface area (Å²) in [5.74, 6) is 1.05. The second-order valence-corrected chi connectivity index (χ2v) is 9.54. The zero-order chi connectivity index (χ0) is 22.4. The zero-order valence-corrected chi connectivity index (χ0v) is 19.0. The second kappa shape index (κ2) is 7.86. The number of aromatic nitrogens is 4. The van der Waals surface area contributed by atoms with Gasteiger partial charge in [0.15, 0.2) is 0 Å². The van der Waals surface area contributed by atoms with Gasteiger partial charge in [0.25, 0.3) is 5.91 Å². The number of carbonyl (C=O) groups is 1. The van der Waals surface area contributed by atoms with E-state index in [2.05, 4.69) is 37.6 Å². The number of anilines is 3. The Morgan fingerprint density at radius 2 is 1.94 bits per heavy atom. The van der Waals surface area contributed by atoms with Crippen molar-refractivity contribution in [3.8, 4) is 0 Å². The quantitative estimate of drug-likeness (QED) is 0.615. The van der Waals surface area contributed by atoms with Crippen molar-refractivity contribution in [3.05, 3.63) is 47.9 Å². The van der Waals surface area contributed by atoms with Crippen LogP contribution >= 0.6 is 0 Å². The standard InChI is InChI=1S/C25H29N7O/c1-26-23(33)20-14-19-16-28-24(30-32(19)22(20)17-4-2-3-5-17)29-21-7-6-18(15-27-21)31-12-10-25(8-9-25)11-13-31/h4,6-7,14-16H,2-3,5,8-13H2,1H3,(H,26,33)(H,27,29,30). The van der Waals surface area contributed by atoms with Crippen molar-refractivity contribution in [1.82, 2.24) is 24.9 Å². The van der Waals surface area contributed by atoms with Gasteiger partial charge in [-0.15, -0.1) is 5.10 Å². The number of hydrogen-bond donors (Lipinski definition) is 2. The van der Waals surface area contributed by atoms with Gasteiger partial charge in [-0.25, -0.2) is 14.5 Å². The van der Waals surface area contributed by atoms with E-state index in [-0.39, 0.29) is 5.91 Å². The number of nitrogens with one attached hydrogen (secondary N) is 2. The zero-order valence-electron chi connectivity index (χ0n) is 19.0. The van der Waals surface area contributed by atoms with Crippen molar-refractivity contribution in [2.75, 3.05) is 30.4 Å². The molecule has 2 N–H and O–H groups in total. The molecule has 1 saturated carbocycles. The first kappa shape index (κ1) is 20.2. The monoisotopic (exact) mass is 443 g/mol. The predicted molar refractivity (Wildman–Crippen MR) is 129 cm³/mol. The molecule has 0 unspecified atom stereocenters. The highest BCUT2D eigenvalue weighted by Crippen LogP contribution is 2.53. The number of pyridine rings is 1. The van der Waals surface area contributed by atoms with E-state index in [0.717, 1.165) is 49.1 Å². The first-order chi connectivity index (χ1) is 16.1. The molecule has 2 aliphatic carbocycles. The lowest BCUT2D eigenvalue weighted by Gasteiger charge is -2.33. The van der Waals surface area contributed by atoms with Crippen LogP contribution in [0.5, 0.6) is 0 Å². The number of fused-ring (bicyclic) bond motifs is 1. The third-order valence-corrected chi connectivity index (χ3v) is 7.47. The Labute approximate surface area is 193 Å². The van der Waals surface area contributed by atoms with Crippen LogP contribution in [-0.4, -0.2) is 45.6 Å². The number of hydrogen-bond acceptors (Lipinski definition) is 6. The van der Waals surface area contributed by atoms with Crippen molar-refractivity contribution in [2.45, 2.75) is 44.9 Å². The fourth-order valence-electron chi connectivity index (χ4n) is 5.21. The summed E-state index contributed by atoms with van der Waals surface area (Å²) in [7, 11) is 1.65. The average molecular weight is 444 g/mol. The third kappa shape index (κ3) is 3.73. The van der Waals surface area contributed by atoms with Crippen molar-refractivity contribution >= 4 is 34.5 Å². The summed E-state index contributed by atoms with van der Waals surface area (Å²) in [4.78, 5) is 24.0. The van der Waals surface area contributed by atoms with Crippen molar-refractivity contribution in [2.24, 2.45) is 5.41 Å². The topological polar surface area (TPSA) is 87.5 Å². The van der Waals surface area contributed by atoms with Crippen LogP contribution in [0.3, 0.4) is 0 Å². The minimum absolute atomic E-state index is 0.111. The van der Waals surface area contributed by atoms with Gasteiger partial charge in [-0.05, 0) is 74.1 Å². The lowest BCUT2D eigenvalue weighted by Crippen LogP contribution is -2.34. The minimum atomic E-state index is -0.111. The smallest absolute Gasteiger partial charge is 0.253 e. The highest BCUT2D eigenvalue weighted by molar-refractivity contribution is 6.00. The van der Waals surface area contributed by atoms with Crippen LogP contribution < -0.4 is 15.5 Å². The van der Waals surface area contributed by atoms with Gasteiger partial charge < -0.3 is 15.5 Å². The Hall–Kier alpha value is -3.42. The Morgan fingerprint density at radius 3 is 2.61 bits per heavy atom. The van der Waals surface area contributed by atoms with Gasteiger partial charge in [0.2, 0.25) is 5.95 Å². The molecule has 2 fully saturated rings. The summed E-state index contributed by atoms with van der Waals surface area (Å²) in [5, 5.41) is 10.7. The molecule has 1 spiro atoms. The number of allylic oxidation sites excluding steroid dienone is 2. The number of amides is 1. The van der Waals surface area contributed by atoms with Crippen molar-refractivity contribution in [3.63, 3.8) is 0 Å². The third-order valence-electron chi connectivity index (χ3n) is 7.47. The fraction of sp³-hybridized carbons (Fsp3) is 0.440. The largest absolute Gasteiger partial charge is 0.370 e. The number of carbonyl (C=O) groups excluding carboxylic acids is 1. The van der Waals surface area contributed by atoms with E-state index in [9.17, 15) is 4.79 Å². The molecule has 3 aromatic rings. The molecule has 0 radical (unpaired) electrons. The van der Waals surface area contributed by atoms with Crippen LogP contribution in [0.15, 0.2) is 36.7 Å². The molecule has 1 saturated heterocycles. The molecular weight excluding hydrogens is 414 g/mol. The first-order valence-corrected chi connectivity index (χ1v) is 11.9. The maximum atomic E-state index is 12.5. The molecule has 0 atom stereocenters. The summed E-state index contributed by atoms with van der Waals surface area (Å²) >= 11 is 0. The van der Waals surface area contributed by atoms with E-state index in [1.54, 1.807) is 13.2 Å². The fourth-order valence-corrected chi connectivity index (χ4v) is 5.21. The Bertz CT molecular complexity index is 1230. The first-order valence-electron chi connectivity index (χ1n) is 11.9. The van der Waals surface area contributed by atoms with Crippen molar-refractivity contribution < 1.29 is 4.79 Å². The normalized spacial score (nSPS) is 19.1. The SMILES string of the molecule is CNC(=O)c1cc2cnc(Nc3ccc(N4CCC5(CC4)CC5)cn3)nn2c1C1=CCCC1. The molecule has 8 heteroatoms. The maximum absolute atomic E-state index is 12.5. The summed E-state index contributed by atoms with van der Waals surface area (Å²) < 4.78 is 1.83. The van der Waals surface area contributed by atoms with Crippen LogP contribution in [-0.2, 0) is 0 Å². The van der Waals surface area contributed by atoms with Crippen LogP contribution in [0.4, 0.5) is 17.5 Å². The lowest BCUT2D eigenvalue weighted by molar-refractivity contribution is 0.0963. The Kier molecular flexibility index (Phi) is 4.81. The van der Waals surface area contributed by atoms with Crippen LogP contribution in [0.25, 0.3) is 11.1 Å². The van der Waals surface area contributed by atoms with Gasteiger partial charge in [-0.2, -0.15) is 0 Å². The van der Waals surface area contributed by atoms with Gasteiger partial charge in [-0.3, -0.25) is 4.79 Å². The molecule has 1 aliphatic heterocycles. The molecule has 4 heterocycles. The van der Waals surface area contributed by atoms with Gasteiger partial charge >= 0.3 is 0 Å². The van der Waals surface area contributed by atoms with E-state index in [1.165, 1.54) is 31.4 Å². The molecule has 0 bridgehead atoms. The summed E-state index contributed by atoms with van der Waals surface area (Å²) in [6.07, 6.45) is 14.4. The molecule has 3 aromatic heterocycles. The van der Waals surface area contributed by atoms with Gasteiger partial charge in [0.05, 0.1) is 34.9 Å². The van der Waals surface area contributed by atoms with Gasteiger partial charge in [0, 0.05) is 20.1 Å². The van der Waals surface area contributed by atoms with E-state index in [0.29, 0.717) is 22.7 Å². The highest BCUT2D eigenvalue weighted by atomic mass is 16.1. The predicted octanol–water partition coefficient (Wildman–Crippen LogP) is 4.18. The summed E-state index contributed by atoms with van der Waals surface area (Å²) in [5.41, 5.74) is 5.29. The highest BCUT2D eigenvalue weighted by Gasteiger charge is 2.44. The second-order valence-electron chi connectivity index (χ2n) is 9.54. The van der Waals surface area contributed by atoms with Gasteiger partial charge in [0.1, 0.15) is 5.82 Å². The molecule has 3 aliphatic rings. The van der Waals surface area contributed by atoms with E-state index in [4.69, 9.17) is 5.10 Å².